The highest BCUT2D eigenvalue weighted by atomic mass is 16.4. The summed E-state index contributed by atoms with van der Waals surface area (Å²) in [5.74, 6) is -7.40. The van der Waals surface area contributed by atoms with Crippen LogP contribution in [-0.2, 0) is 28.8 Å². The predicted octanol–water partition coefficient (Wildman–Crippen LogP) is -3.55. The molecule has 0 radical (unpaired) electrons. The van der Waals surface area contributed by atoms with E-state index in [9.17, 15) is 28.8 Å². The molecule has 0 aromatic rings. The van der Waals surface area contributed by atoms with Gasteiger partial charge in [-0.3, -0.25) is 28.8 Å². The largest absolute Gasteiger partial charge is 0.481 e. The lowest BCUT2D eigenvalue weighted by molar-refractivity contribution is -0.143. The number of nitrogens with two attached hydrogens (primary N) is 1. The zero-order valence-electron chi connectivity index (χ0n) is 13.7. The standard InChI is InChI=1S/C13H20N4O9/c1-5(14)11(24)16-7(3-9(20)21)13(26)17-6(2-8(18)19)12(25)15-4-10(22)23/h5-7H,2-4,14H2,1H3,(H,15,25)(H,16,24)(H,17,26)(H,18,19)(H,20,21)(H,22,23). The average Bonchev–Trinajstić information content (AvgIpc) is 2.49. The number of hydrogen-bond acceptors (Lipinski definition) is 7. The number of hydrogen-bond donors (Lipinski definition) is 7. The zero-order valence-corrected chi connectivity index (χ0v) is 13.7. The Bertz CT molecular complexity index is 590. The van der Waals surface area contributed by atoms with Crippen molar-refractivity contribution in [3.63, 3.8) is 0 Å². The maximum Gasteiger partial charge on any atom is 0.322 e. The fraction of sp³-hybridized carbons (Fsp3) is 0.538. The Morgan fingerprint density at radius 2 is 1.19 bits per heavy atom. The minimum atomic E-state index is -1.68. The number of carbonyl (C=O) groups is 6. The molecule has 3 unspecified atom stereocenters. The van der Waals surface area contributed by atoms with Crippen molar-refractivity contribution >= 4 is 35.6 Å². The second-order valence-corrected chi connectivity index (χ2v) is 5.22. The lowest BCUT2D eigenvalue weighted by Crippen LogP contribution is -2.56. The van der Waals surface area contributed by atoms with Gasteiger partial charge in [-0.1, -0.05) is 0 Å². The van der Waals surface area contributed by atoms with E-state index in [2.05, 4.69) is 5.32 Å². The van der Waals surface area contributed by atoms with Crippen molar-refractivity contribution in [2.75, 3.05) is 6.54 Å². The van der Waals surface area contributed by atoms with Crippen LogP contribution >= 0.6 is 0 Å². The highest BCUT2D eigenvalue weighted by molar-refractivity contribution is 5.96. The molecule has 0 aliphatic carbocycles. The Morgan fingerprint density at radius 3 is 1.58 bits per heavy atom. The molecule has 26 heavy (non-hydrogen) atoms. The van der Waals surface area contributed by atoms with Crippen LogP contribution in [0.5, 0.6) is 0 Å². The van der Waals surface area contributed by atoms with E-state index in [1.807, 2.05) is 10.6 Å². The fourth-order valence-corrected chi connectivity index (χ4v) is 1.63. The molecule has 8 N–H and O–H groups in total. The van der Waals surface area contributed by atoms with Gasteiger partial charge in [0.1, 0.15) is 18.6 Å². The summed E-state index contributed by atoms with van der Waals surface area (Å²) in [6.45, 7) is 0.475. The number of rotatable bonds is 11. The van der Waals surface area contributed by atoms with Crippen LogP contribution in [0.3, 0.4) is 0 Å². The Morgan fingerprint density at radius 1 is 0.769 bits per heavy atom. The molecule has 0 rings (SSSR count). The summed E-state index contributed by atoms with van der Waals surface area (Å²) in [4.78, 5) is 67.6. The van der Waals surface area contributed by atoms with Gasteiger partial charge in [-0.15, -0.1) is 0 Å². The predicted molar refractivity (Wildman–Crippen MR) is 82.7 cm³/mol. The van der Waals surface area contributed by atoms with Crippen molar-refractivity contribution in [1.82, 2.24) is 16.0 Å². The summed E-state index contributed by atoms with van der Waals surface area (Å²) in [5, 5.41) is 32.1. The number of carbonyl (C=O) groups excluding carboxylic acids is 3. The lowest BCUT2D eigenvalue weighted by atomic mass is 10.1. The zero-order chi connectivity index (χ0) is 20.4. The highest BCUT2D eigenvalue weighted by Crippen LogP contribution is 1.99. The molecule has 13 nitrogen and oxygen atoms in total. The highest BCUT2D eigenvalue weighted by Gasteiger charge is 2.30. The Kier molecular flexibility index (Phi) is 9.29. The van der Waals surface area contributed by atoms with E-state index in [-0.39, 0.29) is 0 Å². The van der Waals surface area contributed by atoms with Crippen molar-refractivity contribution in [3.8, 4) is 0 Å². The van der Waals surface area contributed by atoms with Gasteiger partial charge in [0, 0.05) is 0 Å². The van der Waals surface area contributed by atoms with Gasteiger partial charge in [0.05, 0.1) is 18.9 Å². The molecule has 3 atom stereocenters. The topological polar surface area (TPSA) is 225 Å². The minimum Gasteiger partial charge on any atom is -0.481 e. The van der Waals surface area contributed by atoms with Gasteiger partial charge in [0.15, 0.2) is 0 Å². The average molecular weight is 376 g/mol. The first-order valence-electron chi connectivity index (χ1n) is 7.23. The van der Waals surface area contributed by atoms with E-state index in [4.69, 9.17) is 21.1 Å². The maximum atomic E-state index is 12.2. The second kappa shape index (κ2) is 10.6. The summed E-state index contributed by atoms with van der Waals surface area (Å²) in [7, 11) is 0. The molecule has 0 bridgehead atoms. The summed E-state index contributed by atoms with van der Waals surface area (Å²) < 4.78 is 0. The van der Waals surface area contributed by atoms with Crippen LogP contribution in [-0.4, -0.2) is 75.6 Å². The third-order valence-corrected chi connectivity index (χ3v) is 2.85. The van der Waals surface area contributed by atoms with E-state index in [0.29, 0.717) is 0 Å². The van der Waals surface area contributed by atoms with Crippen LogP contribution in [0.15, 0.2) is 0 Å². The van der Waals surface area contributed by atoms with Crippen molar-refractivity contribution in [2.45, 2.75) is 37.9 Å². The third-order valence-electron chi connectivity index (χ3n) is 2.85. The summed E-state index contributed by atoms with van der Waals surface area (Å²) in [6.07, 6.45) is -1.74. The second-order valence-electron chi connectivity index (χ2n) is 5.22. The third kappa shape index (κ3) is 9.17. The van der Waals surface area contributed by atoms with Crippen LogP contribution in [0.1, 0.15) is 19.8 Å². The first-order chi connectivity index (χ1) is 11.9. The van der Waals surface area contributed by atoms with Gasteiger partial charge in [0.2, 0.25) is 17.7 Å². The van der Waals surface area contributed by atoms with Crippen molar-refractivity contribution in [1.29, 1.82) is 0 Å². The van der Waals surface area contributed by atoms with Crippen molar-refractivity contribution < 1.29 is 44.1 Å². The minimum absolute atomic E-state index is 0.815. The Hall–Kier alpha value is -3.22. The number of amides is 3. The lowest BCUT2D eigenvalue weighted by Gasteiger charge is -2.22. The van der Waals surface area contributed by atoms with Crippen molar-refractivity contribution in [2.24, 2.45) is 5.73 Å². The normalized spacial score (nSPS) is 13.6. The Labute approximate surface area is 146 Å². The molecule has 0 saturated heterocycles. The first-order valence-corrected chi connectivity index (χ1v) is 7.23. The fourth-order valence-electron chi connectivity index (χ4n) is 1.63. The number of carboxylic acids is 3. The summed E-state index contributed by atoms with van der Waals surface area (Å²) in [6, 6.07) is -4.34. The molecule has 3 amide bonds. The van der Waals surface area contributed by atoms with Crippen molar-refractivity contribution in [3.05, 3.63) is 0 Å². The van der Waals surface area contributed by atoms with E-state index >= 15 is 0 Å². The van der Waals surface area contributed by atoms with Crippen LogP contribution in [0, 0.1) is 0 Å². The molecule has 0 heterocycles. The van der Waals surface area contributed by atoms with E-state index in [1.165, 1.54) is 6.92 Å². The molecule has 0 aromatic heterocycles. The van der Waals surface area contributed by atoms with Gasteiger partial charge in [0.25, 0.3) is 0 Å². The number of aliphatic carboxylic acids is 3. The van der Waals surface area contributed by atoms with Gasteiger partial charge < -0.3 is 37.0 Å². The molecule has 146 valence electrons. The molecule has 13 heteroatoms. The van der Waals surface area contributed by atoms with E-state index in [1.54, 1.807) is 0 Å². The molecule has 0 spiro atoms. The number of nitrogens with one attached hydrogen (secondary N) is 3. The number of carboxylic acid groups (broad SMARTS) is 3. The van der Waals surface area contributed by atoms with Gasteiger partial charge >= 0.3 is 17.9 Å². The molecule has 0 saturated carbocycles. The van der Waals surface area contributed by atoms with Crippen LogP contribution in [0.2, 0.25) is 0 Å². The smallest absolute Gasteiger partial charge is 0.322 e. The SMILES string of the molecule is CC(N)C(=O)NC(CC(=O)O)C(=O)NC(CC(=O)O)C(=O)NCC(=O)O. The molecule has 0 aliphatic heterocycles. The molecule has 0 aromatic carbocycles. The molecular formula is C13H20N4O9. The van der Waals surface area contributed by atoms with Gasteiger partial charge in [-0.2, -0.15) is 0 Å². The van der Waals surface area contributed by atoms with Crippen LogP contribution < -0.4 is 21.7 Å². The van der Waals surface area contributed by atoms with E-state index in [0.717, 1.165) is 0 Å². The van der Waals surface area contributed by atoms with Crippen LogP contribution in [0.4, 0.5) is 0 Å². The Balaban J connectivity index is 5.20. The maximum absolute atomic E-state index is 12.2. The van der Waals surface area contributed by atoms with Gasteiger partial charge in [-0.25, -0.2) is 0 Å². The quantitative estimate of drug-likeness (QED) is 0.188. The van der Waals surface area contributed by atoms with E-state index < -0.39 is 73.1 Å². The summed E-state index contributed by atoms with van der Waals surface area (Å²) in [5.41, 5.74) is 5.31. The van der Waals surface area contributed by atoms with Gasteiger partial charge in [-0.05, 0) is 6.92 Å². The van der Waals surface area contributed by atoms with Crippen LogP contribution in [0.25, 0.3) is 0 Å². The molecule has 0 aliphatic rings. The monoisotopic (exact) mass is 376 g/mol. The molecule has 0 fully saturated rings. The molecular weight excluding hydrogens is 356 g/mol. The summed E-state index contributed by atoms with van der Waals surface area (Å²) >= 11 is 0. The first kappa shape index (κ1) is 22.8.